The van der Waals surface area contributed by atoms with Crippen LogP contribution in [0.15, 0.2) is 60.7 Å². The van der Waals surface area contributed by atoms with E-state index in [1.807, 2.05) is 24.3 Å². The van der Waals surface area contributed by atoms with E-state index in [0.29, 0.717) is 47.2 Å². The molecular formula is C43H51Cl2NO6. The van der Waals surface area contributed by atoms with Gasteiger partial charge in [0.1, 0.15) is 11.9 Å². The number of benzene rings is 3. The molecule has 3 aliphatic carbocycles. The molecule has 0 radical (unpaired) electrons. The van der Waals surface area contributed by atoms with Crippen LogP contribution in [0.5, 0.6) is 5.75 Å². The molecule has 52 heavy (non-hydrogen) atoms. The van der Waals surface area contributed by atoms with Crippen LogP contribution in [0, 0.1) is 31.1 Å². The van der Waals surface area contributed by atoms with Gasteiger partial charge in [0.15, 0.2) is 6.61 Å². The molecule has 0 N–H and O–H groups in total. The summed E-state index contributed by atoms with van der Waals surface area (Å²) < 4.78 is 17.3. The monoisotopic (exact) mass is 747 g/mol. The standard InChI is InChI=1S/C43H51Cl2NO6/c1-28-26-37(51-42(49)31-9-5-4-6-10-31)29(2)33-16-17-34-35(41(28)33)20-21-43(3)36(34)18-19-38(43)52-40(48)27-50-39(47)11-7-8-30-12-14-32(15-13-30)46(24-22-44)25-23-45/h4-6,9-10,12-15,26,34-36,38H,7-8,11,16-25,27H2,1-3H3/t34-,35+,36+,38+,43+/m1/s1. The maximum atomic E-state index is 13.0. The zero-order chi connectivity index (χ0) is 36.8. The van der Waals surface area contributed by atoms with Gasteiger partial charge in [0.05, 0.1) is 5.56 Å². The SMILES string of the molecule is Cc1cc(OC(=O)c2ccccc2)c(C)c2c1[C@H]1CC[C@]3(C)[C@@H](OC(=O)COC(=O)CCCc4ccc(N(CCCl)CCCl)cc4)CC[C@H]3[C@@H]1CC2. The third-order valence-corrected chi connectivity index (χ3v) is 12.4. The van der Waals surface area contributed by atoms with Crippen molar-refractivity contribution in [3.8, 4) is 5.75 Å². The number of ether oxygens (including phenoxy) is 3. The van der Waals surface area contributed by atoms with Crippen molar-refractivity contribution in [3.63, 3.8) is 0 Å². The average Bonchev–Trinajstić information content (AvgIpc) is 3.48. The summed E-state index contributed by atoms with van der Waals surface area (Å²) in [5.74, 6) is 1.93. The molecular weight excluding hydrogens is 697 g/mol. The van der Waals surface area contributed by atoms with Crippen LogP contribution >= 0.6 is 23.2 Å². The van der Waals surface area contributed by atoms with Crippen LogP contribution in [0.1, 0.15) is 96.0 Å². The van der Waals surface area contributed by atoms with Gasteiger partial charge in [0.2, 0.25) is 0 Å². The van der Waals surface area contributed by atoms with E-state index in [4.69, 9.17) is 37.4 Å². The van der Waals surface area contributed by atoms with Crippen molar-refractivity contribution in [3.05, 3.63) is 94.0 Å². The van der Waals surface area contributed by atoms with Gasteiger partial charge in [0, 0.05) is 42.4 Å². The summed E-state index contributed by atoms with van der Waals surface area (Å²) in [6, 6.07) is 19.4. The van der Waals surface area contributed by atoms with Gasteiger partial charge in [-0.2, -0.15) is 0 Å². The Morgan fingerprint density at radius 1 is 0.904 bits per heavy atom. The van der Waals surface area contributed by atoms with Crippen molar-refractivity contribution in [2.45, 2.75) is 90.6 Å². The topological polar surface area (TPSA) is 82.1 Å². The van der Waals surface area contributed by atoms with Crippen LogP contribution in [0.4, 0.5) is 5.69 Å². The quantitative estimate of drug-likeness (QED) is 0.0925. The van der Waals surface area contributed by atoms with Crippen LogP contribution in [0.25, 0.3) is 0 Å². The Bertz CT molecular complexity index is 1720. The van der Waals surface area contributed by atoms with Gasteiger partial charge < -0.3 is 19.1 Å². The molecule has 3 aliphatic rings. The van der Waals surface area contributed by atoms with Gasteiger partial charge in [-0.3, -0.25) is 4.79 Å². The Labute approximate surface area is 318 Å². The molecule has 2 fully saturated rings. The predicted octanol–water partition coefficient (Wildman–Crippen LogP) is 9.14. The molecule has 7 nitrogen and oxygen atoms in total. The van der Waals surface area contributed by atoms with Gasteiger partial charge in [-0.05, 0) is 141 Å². The summed E-state index contributed by atoms with van der Waals surface area (Å²) in [6.07, 6.45) is 7.29. The van der Waals surface area contributed by atoms with Crippen LogP contribution in [0.2, 0.25) is 0 Å². The second-order valence-electron chi connectivity index (χ2n) is 15.0. The number of fused-ring (bicyclic) bond motifs is 5. The number of halogens is 2. The third-order valence-electron chi connectivity index (χ3n) is 12.1. The van der Waals surface area contributed by atoms with Crippen molar-refractivity contribution in [1.29, 1.82) is 0 Å². The third kappa shape index (κ3) is 8.31. The molecule has 0 unspecified atom stereocenters. The minimum atomic E-state index is -0.463. The molecule has 3 aromatic rings. The molecule has 278 valence electrons. The second kappa shape index (κ2) is 17.1. The Kier molecular flexibility index (Phi) is 12.5. The number of aryl methyl sites for hydroxylation is 2. The fourth-order valence-electron chi connectivity index (χ4n) is 9.44. The predicted molar refractivity (Wildman–Crippen MR) is 206 cm³/mol. The number of anilines is 1. The molecule has 0 heterocycles. The summed E-state index contributed by atoms with van der Waals surface area (Å²) in [6.45, 7) is 7.64. The van der Waals surface area contributed by atoms with Crippen molar-refractivity contribution < 1.29 is 28.6 Å². The summed E-state index contributed by atoms with van der Waals surface area (Å²) in [4.78, 5) is 40.5. The Morgan fingerprint density at radius 3 is 2.35 bits per heavy atom. The fourth-order valence-corrected chi connectivity index (χ4v) is 9.85. The molecule has 0 amide bonds. The van der Waals surface area contributed by atoms with Gasteiger partial charge in [-0.25, -0.2) is 9.59 Å². The molecule has 5 atom stereocenters. The highest BCUT2D eigenvalue weighted by Crippen LogP contribution is 2.62. The summed E-state index contributed by atoms with van der Waals surface area (Å²) >= 11 is 11.9. The number of alkyl halides is 2. The zero-order valence-electron chi connectivity index (χ0n) is 30.6. The first-order valence-corrected chi connectivity index (χ1v) is 19.9. The first-order chi connectivity index (χ1) is 25.1. The lowest BCUT2D eigenvalue weighted by Crippen LogP contribution is -2.45. The van der Waals surface area contributed by atoms with Crippen molar-refractivity contribution in [2.75, 3.05) is 36.4 Å². The molecule has 0 bridgehead atoms. The fraction of sp³-hybridized carbons (Fsp3) is 0.512. The van der Waals surface area contributed by atoms with Gasteiger partial charge in [-0.1, -0.05) is 37.3 Å². The van der Waals surface area contributed by atoms with Crippen molar-refractivity contribution >= 4 is 46.8 Å². The smallest absolute Gasteiger partial charge is 0.344 e. The number of hydrogen-bond donors (Lipinski definition) is 0. The zero-order valence-corrected chi connectivity index (χ0v) is 32.1. The largest absolute Gasteiger partial charge is 0.459 e. The number of rotatable bonds is 14. The number of nitrogens with zero attached hydrogens (tertiary/aromatic N) is 1. The summed E-state index contributed by atoms with van der Waals surface area (Å²) in [7, 11) is 0. The lowest BCUT2D eigenvalue weighted by molar-refractivity contribution is -0.168. The second-order valence-corrected chi connectivity index (χ2v) is 15.8. The van der Waals surface area contributed by atoms with E-state index in [1.165, 1.54) is 16.7 Å². The first-order valence-electron chi connectivity index (χ1n) is 18.8. The molecule has 0 aromatic heterocycles. The van der Waals surface area contributed by atoms with Crippen LogP contribution in [-0.4, -0.2) is 55.5 Å². The van der Waals surface area contributed by atoms with E-state index in [0.717, 1.165) is 74.8 Å². The van der Waals surface area contributed by atoms with E-state index in [-0.39, 0.29) is 36.5 Å². The van der Waals surface area contributed by atoms with Crippen LogP contribution in [-0.2, 0) is 31.9 Å². The Balaban J connectivity index is 0.987. The number of hydrogen-bond acceptors (Lipinski definition) is 7. The Hall–Kier alpha value is -3.55. The van der Waals surface area contributed by atoms with E-state index < -0.39 is 5.97 Å². The number of carbonyl (C=O) groups is 3. The highest BCUT2D eigenvalue weighted by Gasteiger charge is 2.56. The summed E-state index contributed by atoms with van der Waals surface area (Å²) in [5.41, 5.74) is 7.65. The molecule has 2 saturated carbocycles. The van der Waals surface area contributed by atoms with Gasteiger partial charge in [-0.15, -0.1) is 23.2 Å². The van der Waals surface area contributed by atoms with Crippen molar-refractivity contribution in [1.82, 2.24) is 0 Å². The minimum Gasteiger partial charge on any atom is -0.459 e. The molecule has 9 heteroatoms. The number of carbonyl (C=O) groups excluding carboxylic acids is 3. The van der Waals surface area contributed by atoms with E-state index >= 15 is 0 Å². The molecule has 3 aromatic carbocycles. The van der Waals surface area contributed by atoms with Crippen molar-refractivity contribution in [2.24, 2.45) is 17.3 Å². The molecule has 0 spiro atoms. The maximum absolute atomic E-state index is 13.0. The lowest BCUT2D eigenvalue weighted by atomic mass is 9.54. The van der Waals surface area contributed by atoms with E-state index in [1.54, 1.807) is 12.1 Å². The van der Waals surface area contributed by atoms with Crippen LogP contribution in [0.3, 0.4) is 0 Å². The van der Waals surface area contributed by atoms with E-state index in [9.17, 15) is 14.4 Å². The molecule has 0 aliphatic heterocycles. The normalized spacial score (nSPS) is 23.2. The van der Waals surface area contributed by atoms with E-state index in [2.05, 4.69) is 49.9 Å². The lowest BCUT2D eigenvalue weighted by Gasteiger charge is -2.51. The average molecular weight is 749 g/mol. The minimum absolute atomic E-state index is 0.104. The first kappa shape index (κ1) is 38.2. The molecule has 6 rings (SSSR count). The number of esters is 3. The highest BCUT2D eigenvalue weighted by atomic mass is 35.5. The summed E-state index contributed by atoms with van der Waals surface area (Å²) in [5, 5.41) is 0. The Morgan fingerprint density at radius 2 is 1.63 bits per heavy atom. The highest BCUT2D eigenvalue weighted by molar-refractivity contribution is 6.18. The van der Waals surface area contributed by atoms with Crippen LogP contribution < -0.4 is 9.64 Å². The maximum Gasteiger partial charge on any atom is 0.344 e. The molecule has 0 saturated heterocycles. The van der Waals surface area contributed by atoms with Gasteiger partial charge in [0.25, 0.3) is 0 Å². The van der Waals surface area contributed by atoms with Gasteiger partial charge >= 0.3 is 17.9 Å².